The van der Waals surface area contributed by atoms with Gasteiger partial charge < -0.3 is 25.3 Å². The molecule has 26 heavy (non-hydrogen) atoms. The van der Waals surface area contributed by atoms with Gasteiger partial charge in [-0.25, -0.2) is 4.98 Å². The highest BCUT2D eigenvalue weighted by Crippen LogP contribution is 2.33. The van der Waals surface area contributed by atoms with E-state index in [9.17, 15) is 0 Å². The lowest BCUT2D eigenvalue weighted by Gasteiger charge is -2.10. The lowest BCUT2D eigenvalue weighted by Crippen LogP contribution is -2.03. The van der Waals surface area contributed by atoms with E-state index in [1.54, 1.807) is 7.11 Å². The molecule has 6 nitrogen and oxygen atoms in total. The summed E-state index contributed by atoms with van der Waals surface area (Å²) in [6.45, 7) is 0.873. The van der Waals surface area contributed by atoms with Gasteiger partial charge >= 0.3 is 0 Å². The molecule has 1 aliphatic rings. The molecule has 3 N–H and O–H groups in total. The highest BCUT2D eigenvalue weighted by molar-refractivity contribution is 5.70. The van der Waals surface area contributed by atoms with Crippen LogP contribution in [0.4, 0.5) is 11.6 Å². The second kappa shape index (κ2) is 6.84. The molecule has 3 aromatic rings. The number of ether oxygens (including phenoxy) is 3. The number of pyridine rings is 1. The predicted molar refractivity (Wildman–Crippen MR) is 101 cm³/mol. The van der Waals surface area contributed by atoms with Crippen LogP contribution < -0.4 is 25.3 Å². The molecular weight excluding hydrogens is 330 g/mol. The summed E-state index contributed by atoms with van der Waals surface area (Å²) < 4.78 is 16.0. The van der Waals surface area contributed by atoms with E-state index in [0.717, 1.165) is 33.9 Å². The van der Waals surface area contributed by atoms with Gasteiger partial charge in [0.05, 0.1) is 7.11 Å². The third-order valence-corrected chi connectivity index (χ3v) is 4.16. The Kier molecular flexibility index (Phi) is 4.23. The molecule has 6 heteroatoms. The smallest absolute Gasteiger partial charge is 0.231 e. The number of benzene rings is 2. The number of nitrogens with one attached hydrogen (secondary N) is 1. The van der Waals surface area contributed by atoms with Crippen LogP contribution >= 0.6 is 0 Å². The van der Waals surface area contributed by atoms with Gasteiger partial charge in [0.15, 0.2) is 11.5 Å². The monoisotopic (exact) mass is 349 g/mol. The molecule has 2 heterocycles. The summed E-state index contributed by atoms with van der Waals surface area (Å²) in [7, 11) is 1.65. The minimum atomic E-state index is 0.271. The zero-order valence-corrected chi connectivity index (χ0v) is 14.4. The Morgan fingerprint density at radius 3 is 2.81 bits per heavy atom. The third-order valence-electron chi connectivity index (χ3n) is 4.16. The third kappa shape index (κ3) is 3.35. The van der Waals surface area contributed by atoms with Crippen LogP contribution in [0.15, 0.2) is 54.6 Å². The number of nitrogens with zero attached hydrogens (tertiary/aromatic N) is 1. The van der Waals surface area contributed by atoms with Gasteiger partial charge in [-0.15, -0.1) is 0 Å². The van der Waals surface area contributed by atoms with Crippen molar-refractivity contribution in [2.75, 3.05) is 25.0 Å². The Morgan fingerprint density at radius 2 is 1.92 bits per heavy atom. The molecule has 0 saturated carbocycles. The van der Waals surface area contributed by atoms with Crippen molar-refractivity contribution in [3.8, 4) is 28.4 Å². The largest absolute Gasteiger partial charge is 0.497 e. The maximum absolute atomic E-state index is 5.99. The van der Waals surface area contributed by atoms with Crippen molar-refractivity contribution in [1.82, 2.24) is 4.98 Å². The second-order valence-corrected chi connectivity index (χ2v) is 5.94. The molecule has 0 spiro atoms. The minimum absolute atomic E-state index is 0.271. The molecule has 1 aromatic heterocycles. The fourth-order valence-electron chi connectivity index (χ4n) is 2.86. The summed E-state index contributed by atoms with van der Waals surface area (Å²) in [6.07, 6.45) is 0. The maximum atomic E-state index is 5.99. The summed E-state index contributed by atoms with van der Waals surface area (Å²) in [5.41, 5.74) is 9.06. The standard InChI is InChI=1S/C20H19N3O3/c1-24-16-4-2-3-14(8-16)15-9-19(21)23-20(10-15)22-11-13-5-6-17-18(7-13)26-12-25-17/h2-10H,11-12H2,1H3,(H3,21,22,23). The van der Waals surface area contributed by atoms with Gasteiger partial charge in [-0.05, 0) is 53.1 Å². The van der Waals surface area contributed by atoms with Gasteiger partial charge in [-0.2, -0.15) is 0 Å². The Morgan fingerprint density at radius 1 is 1.04 bits per heavy atom. The predicted octanol–water partition coefficient (Wildman–Crippen LogP) is 3.68. The number of nitrogens with two attached hydrogens (primary N) is 1. The van der Waals surface area contributed by atoms with Gasteiger partial charge in [0.2, 0.25) is 6.79 Å². The van der Waals surface area contributed by atoms with E-state index in [0.29, 0.717) is 18.2 Å². The van der Waals surface area contributed by atoms with Crippen molar-refractivity contribution in [3.05, 3.63) is 60.2 Å². The molecule has 132 valence electrons. The zero-order valence-electron chi connectivity index (χ0n) is 14.4. The van der Waals surface area contributed by atoms with Crippen LogP contribution in [0.2, 0.25) is 0 Å². The van der Waals surface area contributed by atoms with Crippen molar-refractivity contribution >= 4 is 11.6 Å². The summed E-state index contributed by atoms with van der Waals surface area (Å²) in [6, 6.07) is 17.5. The van der Waals surface area contributed by atoms with Crippen LogP contribution in [-0.4, -0.2) is 18.9 Å². The van der Waals surface area contributed by atoms with Gasteiger partial charge in [0, 0.05) is 6.54 Å². The Hall–Kier alpha value is -3.41. The molecule has 0 amide bonds. The van der Waals surface area contributed by atoms with Gasteiger partial charge in [-0.3, -0.25) is 0 Å². The first kappa shape index (κ1) is 16.1. The molecule has 0 fully saturated rings. The molecule has 0 atom stereocenters. The fraction of sp³-hybridized carbons (Fsp3) is 0.150. The van der Waals surface area contributed by atoms with Crippen LogP contribution in [-0.2, 0) is 6.54 Å². The van der Waals surface area contributed by atoms with Crippen LogP contribution in [0.25, 0.3) is 11.1 Å². The Bertz CT molecular complexity index is 943. The van der Waals surface area contributed by atoms with Crippen molar-refractivity contribution in [3.63, 3.8) is 0 Å². The number of anilines is 2. The number of hydrogen-bond acceptors (Lipinski definition) is 6. The zero-order chi connectivity index (χ0) is 17.9. The topological polar surface area (TPSA) is 78.6 Å². The van der Waals surface area contributed by atoms with E-state index in [2.05, 4.69) is 10.3 Å². The number of rotatable bonds is 5. The Balaban J connectivity index is 1.54. The fourth-order valence-corrected chi connectivity index (χ4v) is 2.86. The lowest BCUT2D eigenvalue weighted by atomic mass is 10.1. The minimum Gasteiger partial charge on any atom is -0.497 e. The second-order valence-electron chi connectivity index (χ2n) is 5.94. The van der Waals surface area contributed by atoms with Crippen molar-refractivity contribution < 1.29 is 14.2 Å². The van der Waals surface area contributed by atoms with E-state index >= 15 is 0 Å². The number of aromatic nitrogens is 1. The molecule has 0 saturated heterocycles. The summed E-state index contributed by atoms with van der Waals surface area (Å²) in [4.78, 5) is 4.37. The summed E-state index contributed by atoms with van der Waals surface area (Å²) in [5, 5.41) is 3.31. The first-order valence-corrected chi connectivity index (χ1v) is 8.26. The van der Waals surface area contributed by atoms with Crippen LogP contribution in [0.5, 0.6) is 17.2 Å². The maximum Gasteiger partial charge on any atom is 0.231 e. The van der Waals surface area contributed by atoms with Crippen LogP contribution in [0.1, 0.15) is 5.56 Å². The van der Waals surface area contributed by atoms with E-state index in [1.165, 1.54) is 0 Å². The van der Waals surface area contributed by atoms with Crippen molar-refractivity contribution in [2.24, 2.45) is 0 Å². The molecule has 1 aliphatic heterocycles. The van der Waals surface area contributed by atoms with E-state index in [1.807, 2.05) is 54.6 Å². The lowest BCUT2D eigenvalue weighted by molar-refractivity contribution is 0.174. The number of fused-ring (bicyclic) bond motifs is 1. The molecule has 0 aliphatic carbocycles. The number of nitrogen functional groups attached to an aromatic ring is 1. The van der Waals surface area contributed by atoms with E-state index < -0.39 is 0 Å². The first-order valence-electron chi connectivity index (χ1n) is 8.26. The van der Waals surface area contributed by atoms with Crippen LogP contribution in [0.3, 0.4) is 0 Å². The quantitative estimate of drug-likeness (QED) is 0.731. The number of hydrogen-bond donors (Lipinski definition) is 2. The van der Waals surface area contributed by atoms with Crippen molar-refractivity contribution in [2.45, 2.75) is 6.54 Å². The first-order chi connectivity index (χ1) is 12.7. The van der Waals surface area contributed by atoms with Gasteiger partial charge in [-0.1, -0.05) is 18.2 Å². The molecule has 0 unspecified atom stereocenters. The van der Waals surface area contributed by atoms with Crippen molar-refractivity contribution in [1.29, 1.82) is 0 Å². The van der Waals surface area contributed by atoms with Crippen LogP contribution in [0, 0.1) is 0 Å². The summed E-state index contributed by atoms with van der Waals surface area (Å²) in [5.74, 6) is 3.50. The molecule has 0 bridgehead atoms. The Labute approximate surface area is 151 Å². The van der Waals surface area contributed by atoms with E-state index in [-0.39, 0.29) is 6.79 Å². The average Bonchev–Trinajstić information content (AvgIpc) is 3.14. The highest BCUT2D eigenvalue weighted by Gasteiger charge is 2.13. The van der Waals surface area contributed by atoms with Gasteiger partial charge in [0.1, 0.15) is 17.4 Å². The molecule has 4 rings (SSSR count). The molecule has 2 aromatic carbocycles. The number of methoxy groups -OCH3 is 1. The summed E-state index contributed by atoms with van der Waals surface area (Å²) >= 11 is 0. The normalized spacial score (nSPS) is 12.0. The highest BCUT2D eigenvalue weighted by atomic mass is 16.7. The van der Waals surface area contributed by atoms with Gasteiger partial charge in [0.25, 0.3) is 0 Å². The van der Waals surface area contributed by atoms with E-state index in [4.69, 9.17) is 19.9 Å². The SMILES string of the molecule is COc1cccc(-c2cc(N)nc(NCc3ccc4c(c3)OCO4)c2)c1. The molecular formula is C20H19N3O3. The molecule has 0 radical (unpaired) electrons. The average molecular weight is 349 g/mol.